The molecule has 0 spiro atoms. The number of nitrogens with two attached hydrogens (primary N) is 1. The second kappa shape index (κ2) is 5.81. The molecule has 0 bridgehead atoms. The molecule has 1 aliphatic rings. The third kappa shape index (κ3) is 3.20. The fourth-order valence-electron chi connectivity index (χ4n) is 2.16. The predicted molar refractivity (Wildman–Crippen MR) is 78.4 cm³/mol. The summed E-state index contributed by atoms with van der Waals surface area (Å²) in [4.78, 5) is 27.2. The zero-order valence-electron chi connectivity index (χ0n) is 11.8. The maximum absolute atomic E-state index is 12.3. The van der Waals surface area contributed by atoms with Gasteiger partial charge in [0, 0.05) is 30.5 Å². The van der Waals surface area contributed by atoms with E-state index in [1.165, 1.54) is 0 Å². The topological polar surface area (TPSA) is 78.7 Å². The number of carbonyl (C=O) groups is 2. The fraction of sp³-hybridized carbons (Fsp3) is 0.429. The Balaban J connectivity index is 1.99. The van der Waals surface area contributed by atoms with Crippen LogP contribution >= 0.6 is 0 Å². The zero-order valence-corrected chi connectivity index (χ0v) is 11.8. The lowest BCUT2D eigenvalue weighted by molar-refractivity contribution is -0.122. The number of hydrogen-bond acceptors (Lipinski definition) is 3. The van der Waals surface area contributed by atoms with Crippen molar-refractivity contribution >= 4 is 23.3 Å². The molecule has 0 radical (unpaired) electrons. The first-order valence-corrected chi connectivity index (χ1v) is 6.68. The van der Waals surface area contributed by atoms with Gasteiger partial charge in [0.25, 0.3) is 0 Å². The van der Waals surface area contributed by atoms with Crippen LogP contribution < -0.4 is 16.0 Å². The molecular formula is C14H20N4O2. The van der Waals surface area contributed by atoms with Gasteiger partial charge in [0.1, 0.15) is 6.54 Å². The standard InChI is InChI=1S/C14H20N4O2/c1-10(2)16-13(19)9-17-7-8-18(14(17)20)12-5-3-11(15)4-6-12/h3-6,10H,7-9,15H2,1-2H3,(H,16,19). The molecule has 6 heteroatoms. The summed E-state index contributed by atoms with van der Waals surface area (Å²) in [7, 11) is 0. The number of urea groups is 1. The molecule has 1 heterocycles. The Morgan fingerprint density at radius 1 is 1.30 bits per heavy atom. The molecule has 108 valence electrons. The van der Waals surface area contributed by atoms with Crippen LogP contribution in [0.5, 0.6) is 0 Å². The third-order valence-electron chi connectivity index (χ3n) is 3.08. The van der Waals surface area contributed by atoms with Crippen molar-refractivity contribution in [3.05, 3.63) is 24.3 Å². The lowest BCUT2D eigenvalue weighted by atomic mass is 10.2. The van der Waals surface area contributed by atoms with E-state index in [2.05, 4.69) is 5.32 Å². The number of benzene rings is 1. The van der Waals surface area contributed by atoms with Crippen molar-refractivity contribution in [3.8, 4) is 0 Å². The summed E-state index contributed by atoms with van der Waals surface area (Å²) in [5, 5.41) is 2.78. The Hall–Kier alpha value is -2.24. The van der Waals surface area contributed by atoms with Gasteiger partial charge < -0.3 is 16.0 Å². The number of rotatable bonds is 4. The third-order valence-corrected chi connectivity index (χ3v) is 3.08. The molecular weight excluding hydrogens is 256 g/mol. The molecule has 0 saturated carbocycles. The molecule has 1 saturated heterocycles. The van der Waals surface area contributed by atoms with Crippen LogP contribution in [0.4, 0.5) is 16.2 Å². The van der Waals surface area contributed by atoms with Crippen molar-refractivity contribution in [2.24, 2.45) is 0 Å². The molecule has 3 N–H and O–H groups in total. The summed E-state index contributed by atoms with van der Waals surface area (Å²) >= 11 is 0. The maximum atomic E-state index is 12.3. The minimum atomic E-state index is -0.145. The minimum Gasteiger partial charge on any atom is -0.399 e. The van der Waals surface area contributed by atoms with Crippen LogP contribution in [0.3, 0.4) is 0 Å². The van der Waals surface area contributed by atoms with E-state index in [4.69, 9.17) is 5.73 Å². The van der Waals surface area contributed by atoms with Crippen molar-refractivity contribution in [3.63, 3.8) is 0 Å². The van der Waals surface area contributed by atoms with E-state index < -0.39 is 0 Å². The molecule has 0 atom stereocenters. The Labute approximate surface area is 118 Å². The maximum Gasteiger partial charge on any atom is 0.325 e. The summed E-state index contributed by atoms with van der Waals surface area (Å²) in [5.74, 6) is -0.132. The highest BCUT2D eigenvalue weighted by molar-refractivity contribution is 5.96. The largest absolute Gasteiger partial charge is 0.399 e. The average Bonchev–Trinajstić information content (AvgIpc) is 2.71. The second-order valence-corrected chi connectivity index (χ2v) is 5.17. The van der Waals surface area contributed by atoms with Gasteiger partial charge in [-0.1, -0.05) is 0 Å². The van der Waals surface area contributed by atoms with Gasteiger partial charge in [-0.2, -0.15) is 0 Å². The molecule has 0 unspecified atom stereocenters. The number of nitrogen functional groups attached to an aromatic ring is 1. The predicted octanol–water partition coefficient (Wildman–Crippen LogP) is 1.04. The molecule has 6 nitrogen and oxygen atoms in total. The van der Waals surface area contributed by atoms with E-state index in [1.807, 2.05) is 26.0 Å². The summed E-state index contributed by atoms with van der Waals surface area (Å²) < 4.78 is 0. The highest BCUT2D eigenvalue weighted by atomic mass is 16.2. The van der Waals surface area contributed by atoms with Gasteiger partial charge in [0.15, 0.2) is 0 Å². The first kappa shape index (κ1) is 14.2. The van der Waals surface area contributed by atoms with Gasteiger partial charge in [0.05, 0.1) is 0 Å². The molecule has 0 aliphatic carbocycles. The number of nitrogens with one attached hydrogen (secondary N) is 1. The van der Waals surface area contributed by atoms with Gasteiger partial charge in [0.2, 0.25) is 5.91 Å². The first-order chi connectivity index (χ1) is 9.47. The number of amides is 3. The monoisotopic (exact) mass is 276 g/mol. The molecule has 1 aromatic carbocycles. The Bertz CT molecular complexity index is 498. The van der Waals surface area contributed by atoms with Crippen molar-refractivity contribution in [2.75, 3.05) is 30.3 Å². The zero-order chi connectivity index (χ0) is 14.7. The minimum absolute atomic E-state index is 0.0772. The summed E-state index contributed by atoms with van der Waals surface area (Å²) in [5.41, 5.74) is 7.10. The smallest absolute Gasteiger partial charge is 0.325 e. The molecule has 0 aromatic heterocycles. The normalized spacial score (nSPS) is 15.1. The van der Waals surface area contributed by atoms with Crippen LogP contribution in [0.25, 0.3) is 0 Å². The van der Waals surface area contributed by atoms with Gasteiger partial charge in [-0.25, -0.2) is 4.79 Å². The summed E-state index contributed by atoms with van der Waals surface area (Å²) in [6.45, 7) is 5.02. The molecule has 2 rings (SSSR count). The van der Waals surface area contributed by atoms with Crippen LogP contribution in [-0.2, 0) is 4.79 Å². The van der Waals surface area contributed by atoms with E-state index in [0.717, 1.165) is 5.69 Å². The number of anilines is 2. The number of carbonyl (C=O) groups excluding carboxylic acids is 2. The highest BCUT2D eigenvalue weighted by Crippen LogP contribution is 2.21. The SMILES string of the molecule is CC(C)NC(=O)CN1CCN(c2ccc(N)cc2)C1=O. The van der Waals surface area contributed by atoms with E-state index in [0.29, 0.717) is 18.8 Å². The molecule has 1 aliphatic heterocycles. The van der Waals surface area contributed by atoms with Crippen molar-refractivity contribution < 1.29 is 9.59 Å². The van der Waals surface area contributed by atoms with E-state index in [9.17, 15) is 9.59 Å². The molecule has 1 aromatic rings. The average molecular weight is 276 g/mol. The quantitative estimate of drug-likeness (QED) is 0.806. The van der Waals surface area contributed by atoms with Crippen LogP contribution in [0, 0.1) is 0 Å². The van der Waals surface area contributed by atoms with Crippen LogP contribution in [0.2, 0.25) is 0 Å². The fourth-order valence-corrected chi connectivity index (χ4v) is 2.16. The Kier molecular flexibility index (Phi) is 4.12. The summed E-state index contributed by atoms with van der Waals surface area (Å²) in [6.07, 6.45) is 0. The van der Waals surface area contributed by atoms with Gasteiger partial charge in [-0.05, 0) is 38.1 Å². The number of hydrogen-bond donors (Lipinski definition) is 2. The lowest BCUT2D eigenvalue weighted by Crippen LogP contribution is -2.42. The van der Waals surface area contributed by atoms with E-state index >= 15 is 0 Å². The second-order valence-electron chi connectivity index (χ2n) is 5.17. The van der Waals surface area contributed by atoms with Crippen LogP contribution in [0.1, 0.15) is 13.8 Å². The van der Waals surface area contributed by atoms with E-state index in [-0.39, 0.29) is 24.5 Å². The number of nitrogens with zero attached hydrogens (tertiary/aromatic N) is 2. The molecule has 1 fully saturated rings. The first-order valence-electron chi connectivity index (χ1n) is 6.68. The van der Waals surface area contributed by atoms with Gasteiger partial charge in [-0.15, -0.1) is 0 Å². The molecule has 3 amide bonds. The highest BCUT2D eigenvalue weighted by Gasteiger charge is 2.30. The Morgan fingerprint density at radius 3 is 2.55 bits per heavy atom. The van der Waals surface area contributed by atoms with Crippen LogP contribution in [0.15, 0.2) is 24.3 Å². The van der Waals surface area contributed by atoms with Crippen molar-refractivity contribution in [2.45, 2.75) is 19.9 Å². The lowest BCUT2D eigenvalue weighted by Gasteiger charge is -2.19. The van der Waals surface area contributed by atoms with Crippen molar-refractivity contribution in [1.82, 2.24) is 10.2 Å². The summed E-state index contributed by atoms with van der Waals surface area (Å²) in [6, 6.07) is 7.07. The van der Waals surface area contributed by atoms with Gasteiger partial charge in [-0.3, -0.25) is 9.69 Å². The Morgan fingerprint density at radius 2 is 1.95 bits per heavy atom. The van der Waals surface area contributed by atoms with Crippen LogP contribution in [-0.4, -0.2) is 42.5 Å². The van der Waals surface area contributed by atoms with Gasteiger partial charge >= 0.3 is 6.03 Å². The van der Waals surface area contributed by atoms with Crippen molar-refractivity contribution in [1.29, 1.82) is 0 Å². The van der Waals surface area contributed by atoms with E-state index in [1.54, 1.807) is 21.9 Å². The molecule has 20 heavy (non-hydrogen) atoms.